The minimum Gasteiger partial charge on any atom is -0.376 e. The van der Waals surface area contributed by atoms with Crippen molar-refractivity contribution in [2.75, 3.05) is 57.0 Å². The monoisotopic (exact) mass is 328 g/mol. The zero-order valence-corrected chi connectivity index (χ0v) is 15.3. The van der Waals surface area contributed by atoms with Gasteiger partial charge in [0.15, 0.2) is 0 Å². The molecule has 0 amide bonds. The first kappa shape index (κ1) is 16.2. The van der Waals surface area contributed by atoms with Crippen LogP contribution >= 0.6 is 0 Å². The summed E-state index contributed by atoms with van der Waals surface area (Å²) >= 11 is 0. The molecule has 2 aliphatic heterocycles. The number of nitrogens with one attached hydrogen (secondary N) is 2. The lowest BCUT2D eigenvalue weighted by Gasteiger charge is -2.48. The Labute approximate surface area is 146 Å². The molecule has 132 valence electrons. The van der Waals surface area contributed by atoms with Crippen LogP contribution in [-0.4, -0.2) is 57.3 Å². The lowest BCUT2D eigenvalue weighted by atomic mass is 9.83. The molecule has 2 N–H and O–H groups in total. The molecule has 24 heavy (non-hydrogen) atoms. The van der Waals surface area contributed by atoms with Gasteiger partial charge < -0.3 is 20.4 Å². The molecule has 1 aromatic carbocycles. The highest BCUT2D eigenvalue weighted by Gasteiger charge is 2.38. The molecule has 0 unspecified atom stereocenters. The van der Waals surface area contributed by atoms with E-state index in [2.05, 4.69) is 46.7 Å². The molecule has 0 aromatic heterocycles. The number of anilines is 2. The molecule has 4 rings (SSSR count). The summed E-state index contributed by atoms with van der Waals surface area (Å²) in [6.45, 7) is 5.65. The van der Waals surface area contributed by atoms with Gasteiger partial charge in [-0.05, 0) is 89.0 Å². The molecule has 0 radical (unpaired) electrons. The van der Waals surface area contributed by atoms with Crippen LogP contribution in [0.2, 0.25) is 0 Å². The van der Waals surface area contributed by atoms with Crippen LogP contribution in [0.25, 0.3) is 0 Å². The molecule has 3 aliphatic rings. The third-order valence-corrected chi connectivity index (χ3v) is 6.07. The average Bonchev–Trinajstić information content (AvgIpc) is 2.58. The van der Waals surface area contributed by atoms with Crippen molar-refractivity contribution in [3.63, 3.8) is 0 Å². The van der Waals surface area contributed by atoms with E-state index in [-0.39, 0.29) is 5.54 Å². The van der Waals surface area contributed by atoms with Crippen molar-refractivity contribution in [2.24, 2.45) is 0 Å². The average molecular weight is 329 g/mol. The number of piperidine rings is 1. The van der Waals surface area contributed by atoms with Crippen molar-refractivity contribution in [3.8, 4) is 0 Å². The number of fused-ring (bicyclic) bond motifs is 2. The first-order valence-electron chi connectivity index (χ1n) is 9.70. The van der Waals surface area contributed by atoms with Crippen molar-refractivity contribution < 1.29 is 0 Å². The number of benzene rings is 1. The maximum atomic E-state index is 3.98. The lowest BCUT2D eigenvalue weighted by Crippen LogP contribution is -2.58. The molecule has 1 aromatic rings. The highest BCUT2D eigenvalue weighted by Crippen LogP contribution is 2.41. The number of rotatable bonds is 3. The number of likely N-dealkylation sites (N-methyl/N-ethyl adjacent to an activating group) is 1. The molecule has 0 bridgehead atoms. The summed E-state index contributed by atoms with van der Waals surface area (Å²) in [5.41, 5.74) is 6.28. The summed E-state index contributed by atoms with van der Waals surface area (Å²) < 4.78 is 0. The van der Waals surface area contributed by atoms with Crippen LogP contribution in [0.4, 0.5) is 11.4 Å². The molecule has 4 heteroatoms. The van der Waals surface area contributed by atoms with Gasteiger partial charge in [0.1, 0.15) is 0 Å². The number of aryl methyl sites for hydroxylation is 2. The number of hydrogen-bond donors (Lipinski definition) is 2. The summed E-state index contributed by atoms with van der Waals surface area (Å²) in [6, 6.07) is 4.98. The molecule has 1 saturated heterocycles. The molecular weight excluding hydrogens is 296 g/mol. The molecule has 0 saturated carbocycles. The standard InChI is InChI=1S/C20H32N4/c1-23(2)11-12-24-15-20(7-9-21-10-8-20)22-18-13-16-5-3-4-6-17(16)14-19(18)24/h13-14,21-22H,3-12,15H2,1-2H3. The van der Waals surface area contributed by atoms with Crippen molar-refractivity contribution in [3.05, 3.63) is 23.3 Å². The number of hydrogen-bond acceptors (Lipinski definition) is 4. The maximum absolute atomic E-state index is 3.98. The van der Waals surface area contributed by atoms with E-state index in [0.717, 1.165) is 32.7 Å². The molecule has 4 nitrogen and oxygen atoms in total. The summed E-state index contributed by atoms with van der Waals surface area (Å²) in [5, 5.41) is 7.51. The topological polar surface area (TPSA) is 30.5 Å². The first-order chi connectivity index (χ1) is 11.7. The second-order valence-corrected chi connectivity index (χ2v) is 8.23. The summed E-state index contributed by atoms with van der Waals surface area (Å²) in [5.74, 6) is 0. The van der Waals surface area contributed by atoms with Crippen LogP contribution in [0.5, 0.6) is 0 Å². The summed E-state index contributed by atoms with van der Waals surface area (Å²) in [7, 11) is 4.35. The predicted octanol–water partition coefficient (Wildman–Crippen LogP) is 2.48. The fourth-order valence-corrected chi connectivity index (χ4v) is 4.62. The van der Waals surface area contributed by atoms with Gasteiger partial charge >= 0.3 is 0 Å². The Morgan fingerprint density at radius 2 is 1.79 bits per heavy atom. The normalized spacial score (nSPS) is 22.2. The third kappa shape index (κ3) is 3.14. The van der Waals surface area contributed by atoms with Crippen LogP contribution in [0.3, 0.4) is 0 Å². The third-order valence-electron chi connectivity index (χ3n) is 6.07. The Bertz CT molecular complexity index is 590. The molecule has 2 heterocycles. The zero-order valence-electron chi connectivity index (χ0n) is 15.3. The second-order valence-electron chi connectivity index (χ2n) is 8.23. The highest BCUT2D eigenvalue weighted by atomic mass is 15.3. The van der Waals surface area contributed by atoms with Crippen LogP contribution in [-0.2, 0) is 12.8 Å². The molecule has 0 atom stereocenters. The minimum absolute atomic E-state index is 0.257. The van der Waals surface area contributed by atoms with Crippen LogP contribution in [0, 0.1) is 0 Å². The Kier molecular flexibility index (Phi) is 4.44. The van der Waals surface area contributed by atoms with E-state index in [9.17, 15) is 0 Å². The predicted molar refractivity (Wildman–Crippen MR) is 102 cm³/mol. The minimum atomic E-state index is 0.257. The van der Waals surface area contributed by atoms with Gasteiger partial charge in [0.05, 0.1) is 16.9 Å². The van der Waals surface area contributed by atoms with E-state index in [0.29, 0.717) is 0 Å². The second kappa shape index (κ2) is 6.57. The van der Waals surface area contributed by atoms with Crippen molar-refractivity contribution in [2.45, 2.75) is 44.1 Å². The van der Waals surface area contributed by atoms with Gasteiger partial charge in [-0.1, -0.05) is 0 Å². The van der Waals surface area contributed by atoms with Gasteiger partial charge in [0.2, 0.25) is 0 Å². The van der Waals surface area contributed by atoms with E-state index in [4.69, 9.17) is 0 Å². The van der Waals surface area contributed by atoms with E-state index >= 15 is 0 Å². The summed E-state index contributed by atoms with van der Waals surface area (Å²) in [6.07, 6.45) is 7.68. The first-order valence-corrected chi connectivity index (χ1v) is 9.70. The summed E-state index contributed by atoms with van der Waals surface area (Å²) in [4.78, 5) is 4.96. The van der Waals surface area contributed by atoms with E-state index < -0.39 is 0 Å². The maximum Gasteiger partial charge on any atom is 0.0606 e. The number of nitrogens with zero attached hydrogens (tertiary/aromatic N) is 2. The van der Waals surface area contributed by atoms with Gasteiger partial charge in [-0.25, -0.2) is 0 Å². The van der Waals surface area contributed by atoms with Gasteiger partial charge in [0, 0.05) is 19.6 Å². The van der Waals surface area contributed by atoms with Crippen LogP contribution in [0.1, 0.15) is 36.8 Å². The fraction of sp³-hybridized carbons (Fsp3) is 0.700. The van der Waals surface area contributed by atoms with E-state index in [1.807, 2.05) is 0 Å². The highest BCUT2D eigenvalue weighted by molar-refractivity contribution is 5.76. The van der Waals surface area contributed by atoms with Gasteiger partial charge in [-0.3, -0.25) is 0 Å². The Morgan fingerprint density at radius 3 is 2.50 bits per heavy atom. The molecular formula is C20H32N4. The van der Waals surface area contributed by atoms with Crippen LogP contribution in [0.15, 0.2) is 12.1 Å². The van der Waals surface area contributed by atoms with Gasteiger partial charge in [-0.15, -0.1) is 0 Å². The smallest absolute Gasteiger partial charge is 0.0606 e. The fourth-order valence-electron chi connectivity index (χ4n) is 4.62. The Balaban J connectivity index is 1.68. The van der Waals surface area contributed by atoms with E-state index in [1.165, 1.54) is 49.9 Å². The van der Waals surface area contributed by atoms with Gasteiger partial charge in [0.25, 0.3) is 0 Å². The lowest BCUT2D eigenvalue weighted by molar-refractivity contribution is 0.325. The largest absolute Gasteiger partial charge is 0.376 e. The SMILES string of the molecule is CN(C)CCN1CC2(CCNCC2)Nc2cc3c(cc21)CCCC3. The molecule has 1 aliphatic carbocycles. The molecule has 1 spiro atoms. The van der Waals surface area contributed by atoms with Crippen molar-refractivity contribution >= 4 is 11.4 Å². The molecule has 1 fully saturated rings. The Morgan fingerprint density at radius 1 is 1.08 bits per heavy atom. The zero-order chi connectivity index (χ0) is 16.6. The van der Waals surface area contributed by atoms with Crippen molar-refractivity contribution in [1.29, 1.82) is 0 Å². The van der Waals surface area contributed by atoms with Gasteiger partial charge in [-0.2, -0.15) is 0 Å². The van der Waals surface area contributed by atoms with E-state index in [1.54, 1.807) is 11.1 Å². The Hall–Kier alpha value is -1.26. The quantitative estimate of drug-likeness (QED) is 0.892. The van der Waals surface area contributed by atoms with Crippen molar-refractivity contribution in [1.82, 2.24) is 10.2 Å². The van der Waals surface area contributed by atoms with Crippen LogP contribution < -0.4 is 15.5 Å².